The first kappa shape index (κ1) is 13.1. The van der Waals surface area contributed by atoms with Gasteiger partial charge in [-0.1, -0.05) is 18.2 Å². The van der Waals surface area contributed by atoms with Gasteiger partial charge in [-0.25, -0.2) is 0 Å². The third-order valence-corrected chi connectivity index (χ3v) is 3.53. The summed E-state index contributed by atoms with van der Waals surface area (Å²) in [6, 6.07) is 10.3. The summed E-state index contributed by atoms with van der Waals surface area (Å²) in [5, 5.41) is 7.71. The molecule has 0 unspecified atom stereocenters. The number of aryl methyl sites for hydroxylation is 1. The van der Waals surface area contributed by atoms with E-state index in [1.165, 1.54) is 11.1 Å². The van der Waals surface area contributed by atoms with Crippen molar-refractivity contribution in [3.8, 4) is 5.75 Å². The van der Waals surface area contributed by atoms with Gasteiger partial charge in [0.2, 0.25) is 0 Å². The first-order valence-corrected chi connectivity index (χ1v) is 7.21. The van der Waals surface area contributed by atoms with Crippen molar-refractivity contribution in [3.63, 3.8) is 0 Å². The van der Waals surface area contributed by atoms with Gasteiger partial charge in [0.25, 0.3) is 0 Å². The van der Waals surface area contributed by atoms with Gasteiger partial charge in [-0.15, -0.1) is 0 Å². The Morgan fingerprint density at radius 1 is 1.17 bits per heavy atom. The molecule has 0 atom stereocenters. The van der Waals surface area contributed by atoms with Gasteiger partial charge in [0, 0.05) is 6.54 Å². The molecule has 0 fully saturated rings. The highest BCUT2D eigenvalue weighted by Gasteiger charge is 1.97. The predicted molar refractivity (Wildman–Crippen MR) is 77.6 cm³/mol. The van der Waals surface area contributed by atoms with E-state index >= 15 is 0 Å². The van der Waals surface area contributed by atoms with Crippen LogP contribution >= 0.6 is 11.3 Å². The molecule has 2 rings (SSSR count). The molecule has 2 aromatic rings. The van der Waals surface area contributed by atoms with E-state index < -0.39 is 0 Å². The number of hydrogen-bond donors (Lipinski definition) is 1. The van der Waals surface area contributed by atoms with Crippen LogP contribution in [0, 0.1) is 6.92 Å². The van der Waals surface area contributed by atoms with Gasteiger partial charge in [-0.2, -0.15) is 11.3 Å². The molecule has 0 aliphatic carbocycles. The Balaban J connectivity index is 1.58. The third kappa shape index (κ3) is 4.17. The molecule has 0 aliphatic heterocycles. The van der Waals surface area contributed by atoms with E-state index in [2.05, 4.69) is 35.1 Å². The number of ether oxygens (including phenoxy) is 1. The minimum atomic E-state index is 0.717. The van der Waals surface area contributed by atoms with Crippen molar-refractivity contribution < 1.29 is 4.74 Å². The zero-order chi connectivity index (χ0) is 12.6. The highest BCUT2D eigenvalue weighted by Crippen LogP contribution is 2.15. The van der Waals surface area contributed by atoms with Crippen LogP contribution in [0.15, 0.2) is 41.1 Å². The molecule has 1 aromatic heterocycles. The van der Waals surface area contributed by atoms with E-state index in [9.17, 15) is 0 Å². The first-order chi connectivity index (χ1) is 8.86. The highest BCUT2D eigenvalue weighted by atomic mass is 32.1. The maximum atomic E-state index is 5.71. The quantitative estimate of drug-likeness (QED) is 0.772. The van der Waals surface area contributed by atoms with E-state index in [1.54, 1.807) is 11.3 Å². The minimum absolute atomic E-state index is 0.717. The maximum Gasteiger partial charge on any atom is 0.122 e. The van der Waals surface area contributed by atoms with Crippen molar-refractivity contribution in [3.05, 3.63) is 52.2 Å². The summed E-state index contributed by atoms with van der Waals surface area (Å²) < 4.78 is 5.71. The maximum absolute atomic E-state index is 5.71. The lowest BCUT2D eigenvalue weighted by Gasteiger charge is -2.09. The Morgan fingerprint density at radius 2 is 2.06 bits per heavy atom. The summed E-state index contributed by atoms with van der Waals surface area (Å²) in [7, 11) is 0. The number of para-hydroxylation sites is 1. The van der Waals surface area contributed by atoms with E-state index in [0.29, 0.717) is 6.61 Å². The highest BCUT2D eigenvalue weighted by molar-refractivity contribution is 7.07. The summed E-state index contributed by atoms with van der Waals surface area (Å²) in [5.74, 6) is 0.983. The summed E-state index contributed by atoms with van der Waals surface area (Å²) in [5.41, 5.74) is 2.60. The molecule has 0 amide bonds. The topological polar surface area (TPSA) is 21.3 Å². The van der Waals surface area contributed by atoms with Gasteiger partial charge in [-0.05, 0) is 53.9 Å². The molecule has 2 nitrogen and oxygen atoms in total. The van der Waals surface area contributed by atoms with Crippen molar-refractivity contribution in [2.45, 2.75) is 13.3 Å². The summed E-state index contributed by atoms with van der Waals surface area (Å²) in [6.07, 6.45) is 1.09. The van der Waals surface area contributed by atoms with Crippen molar-refractivity contribution in [1.29, 1.82) is 0 Å². The van der Waals surface area contributed by atoms with Crippen LogP contribution in [0.1, 0.15) is 11.1 Å². The molecule has 0 radical (unpaired) electrons. The van der Waals surface area contributed by atoms with Gasteiger partial charge in [0.05, 0.1) is 0 Å². The lowest BCUT2D eigenvalue weighted by Crippen LogP contribution is -2.23. The van der Waals surface area contributed by atoms with Crippen LogP contribution in [-0.4, -0.2) is 19.7 Å². The van der Waals surface area contributed by atoms with Crippen LogP contribution in [0.4, 0.5) is 0 Å². The second kappa shape index (κ2) is 7.19. The number of thiophene rings is 1. The molecule has 0 spiro atoms. The zero-order valence-electron chi connectivity index (χ0n) is 10.7. The fourth-order valence-electron chi connectivity index (χ4n) is 1.74. The van der Waals surface area contributed by atoms with Crippen LogP contribution in [0.3, 0.4) is 0 Å². The molecule has 0 aliphatic rings. The molecular weight excluding hydrogens is 242 g/mol. The summed E-state index contributed by atoms with van der Waals surface area (Å²) >= 11 is 1.75. The van der Waals surface area contributed by atoms with Gasteiger partial charge in [-0.3, -0.25) is 0 Å². The van der Waals surface area contributed by atoms with Gasteiger partial charge >= 0.3 is 0 Å². The molecule has 96 valence electrons. The molecule has 0 saturated carbocycles. The average Bonchev–Trinajstić information content (AvgIpc) is 2.89. The number of benzene rings is 1. The molecule has 1 aromatic carbocycles. The summed E-state index contributed by atoms with van der Waals surface area (Å²) in [6.45, 7) is 4.68. The SMILES string of the molecule is Cc1ccccc1OCCNCCc1ccsc1. The lowest BCUT2D eigenvalue weighted by atomic mass is 10.2. The second-order valence-corrected chi connectivity index (χ2v) is 5.03. The summed E-state index contributed by atoms with van der Waals surface area (Å²) in [4.78, 5) is 0. The Morgan fingerprint density at radius 3 is 2.83 bits per heavy atom. The molecule has 0 saturated heterocycles. The molecule has 1 heterocycles. The molecule has 18 heavy (non-hydrogen) atoms. The predicted octanol–water partition coefficient (Wildman–Crippen LogP) is 3.27. The molecule has 0 bridgehead atoms. The third-order valence-electron chi connectivity index (χ3n) is 2.80. The number of hydrogen-bond acceptors (Lipinski definition) is 3. The minimum Gasteiger partial charge on any atom is -0.492 e. The van der Waals surface area contributed by atoms with Crippen LogP contribution in [-0.2, 0) is 6.42 Å². The number of nitrogens with one attached hydrogen (secondary N) is 1. The second-order valence-electron chi connectivity index (χ2n) is 4.25. The largest absolute Gasteiger partial charge is 0.492 e. The van der Waals surface area contributed by atoms with Crippen molar-refractivity contribution in [1.82, 2.24) is 5.32 Å². The van der Waals surface area contributed by atoms with E-state index in [-0.39, 0.29) is 0 Å². The fraction of sp³-hybridized carbons (Fsp3) is 0.333. The molecule has 1 N–H and O–H groups in total. The van der Waals surface area contributed by atoms with Crippen LogP contribution in [0.2, 0.25) is 0 Å². The Bertz CT molecular complexity index is 453. The zero-order valence-corrected chi connectivity index (χ0v) is 11.5. The molecule has 3 heteroatoms. The smallest absolute Gasteiger partial charge is 0.122 e. The number of rotatable bonds is 7. The van der Waals surface area contributed by atoms with E-state index in [1.807, 2.05) is 18.2 Å². The van der Waals surface area contributed by atoms with Crippen LogP contribution < -0.4 is 10.1 Å². The Labute approximate surface area is 113 Å². The molecular formula is C15H19NOS. The van der Waals surface area contributed by atoms with E-state index in [4.69, 9.17) is 4.74 Å². The normalized spacial score (nSPS) is 10.5. The Hall–Kier alpha value is -1.32. The fourth-order valence-corrected chi connectivity index (χ4v) is 2.45. The van der Waals surface area contributed by atoms with Crippen molar-refractivity contribution in [2.24, 2.45) is 0 Å². The van der Waals surface area contributed by atoms with Gasteiger partial charge in [0.1, 0.15) is 12.4 Å². The lowest BCUT2D eigenvalue weighted by molar-refractivity contribution is 0.312. The van der Waals surface area contributed by atoms with Crippen molar-refractivity contribution >= 4 is 11.3 Å². The van der Waals surface area contributed by atoms with Crippen LogP contribution in [0.25, 0.3) is 0 Å². The van der Waals surface area contributed by atoms with Gasteiger partial charge in [0.15, 0.2) is 0 Å². The van der Waals surface area contributed by atoms with E-state index in [0.717, 1.165) is 25.3 Å². The average molecular weight is 261 g/mol. The first-order valence-electron chi connectivity index (χ1n) is 6.26. The van der Waals surface area contributed by atoms with Gasteiger partial charge < -0.3 is 10.1 Å². The standard InChI is InChI=1S/C15H19NOS/c1-13-4-2-3-5-15(13)17-10-9-16-8-6-14-7-11-18-12-14/h2-5,7,11-12,16H,6,8-10H2,1H3. The Kier molecular flexibility index (Phi) is 5.24. The van der Waals surface area contributed by atoms with Crippen molar-refractivity contribution in [2.75, 3.05) is 19.7 Å². The van der Waals surface area contributed by atoms with Crippen LogP contribution in [0.5, 0.6) is 5.75 Å². The monoisotopic (exact) mass is 261 g/mol.